The highest BCUT2D eigenvalue weighted by Crippen LogP contribution is 2.30. The van der Waals surface area contributed by atoms with Gasteiger partial charge in [0.2, 0.25) is 0 Å². The Bertz CT molecular complexity index is 829. The summed E-state index contributed by atoms with van der Waals surface area (Å²) in [4.78, 5) is 2.17. The van der Waals surface area contributed by atoms with E-state index >= 15 is 0 Å². The first-order valence-corrected chi connectivity index (χ1v) is 8.69. The molecule has 5 heteroatoms. The van der Waals surface area contributed by atoms with Crippen molar-refractivity contribution < 1.29 is 13.9 Å². The number of hydrogen-bond donors (Lipinski definition) is 1. The highest BCUT2D eigenvalue weighted by Gasteiger charge is 2.18. The van der Waals surface area contributed by atoms with Crippen LogP contribution in [-0.2, 0) is 6.54 Å². The van der Waals surface area contributed by atoms with Gasteiger partial charge in [0.15, 0.2) is 0 Å². The zero-order valence-corrected chi connectivity index (χ0v) is 14.8. The molecule has 134 valence electrons. The maximum atomic E-state index is 13.8. The van der Waals surface area contributed by atoms with Crippen LogP contribution in [0, 0.1) is 11.6 Å². The van der Waals surface area contributed by atoms with Crippen LogP contribution in [0.1, 0.15) is 20.8 Å². The van der Waals surface area contributed by atoms with E-state index < -0.39 is 6.10 Å². The molecule has 3 aromatic rings. The SMILES string of the molecule is CCN(CC(O)Cn1c2cc(F)ccc2c2ccc(F)cc21)C(C)C. The van der Waals surface area contributed by atoms with Gasteiger partial charge in [-0.05, 0) is 56.8 Å². The van der Waals surface area contributed by atoms with Crippen molar-refractivity contribution in [2.45, 2.75) is 39.5 Å². The minimum Gasteiger partial charge on any atom is -0.390 e. The van der Waals surface area contributed by atoms with Crippen LogP contribution in [-0.4, -0.2) is 39.8 Å². The quantitative estimate of drug-likeness (QED) is 0.726. The van der Waals surface area contributed by atoms with Crippen LogP contribution >= 0.6 is 0 Å². The lowest BCUT2D eigenvalue weighted by Gasteiger charge is -2.27. The van der Waals surface area contributed by atoms with Gasteiger partial charge in [0, 0.05) is 23.4 Å². The second kappa shape index (κ2) is 7.10. The molecule has 0 aliphatic rings. The summed E-state index contributed by atoms with van der Waals surface area (Å²) in [6, 6.07) is 9.45. The summed E-state index contributed by atoms with van der Waals surface area (Å²) in [6.45, 7) is 7.86. The van der Waals surface area contributed by atoms with Crippen LogP contribution in [0.5, 0.6) is 0 Å². The zero-order chi connectivity index (χ0) is 18.1. The monoisotopic (exact) mass is 346 g/mol. The van der Waals surface area contributed by atoms with Crippen molar-refractivity contribution in [3.63, 3.8) is 0 Å². The Morgan fingerprint density at radius 2 is 1.52 bits per heavy atom. The van der Waals surface area contributed by atoms with Gasteiger partial charge in [-0.25, -0.2) is 8.78 Å². The Morgan fingerprint density at radius 3 is 1.96 bits per heavy atom. The third kappa shape index (κ3) is 3.53. The van der Waals surface area contributed by atoms with E-state index in [9.17, 15) is 13.9 Å². The highest BCUT2D eigenvalue weighted by molar-refractivity contribution is 6.08. The predicted octanol–water partition coefficient (Wildman–Crippen LogP) is 4.16. The number of aromatic nitrogens is 1. The van der Waals surface area contributed by atoms with E-state index in [1.807, 2.05) is 4.57 Å². The van der Waals surface area contributed by atoms with Crippen LogP contribution < -0.4 is 0 Å². The molecule has 0 saturated heterocycles. The predicted molar refractivity (Wildman–Crippen MR) is 97.7 cm³/mol. The number of likely N-dealkylation sites (N-methyl/N-ethyl adjacent to an activating group) is 1. The summed E-state index contributed by atoms with van der Waals surface area (Å²) in [7, 11) is 0. The van der Waals surface area contributed by atoms with Crippen molar-refractivity contribution in [2.24, 2.45) is 0 Å². The van der Waals surface area contributed by atoms with Gasteiger partial charge in [-0.15, -0.1) is 0 Å². The molecule has 0 amide bonds. The van der Waals surface area contributed by atoms with Gasteiger partial charge in [0.1, 0.15) is 11.6 Å². The van der Waals surface area contributed by atoms with Crippen LogP contribution in [0.3, 0.4) is 0 Å². The van der Waals surface area contributed by atoms with Gasteiger partial charge in [0.25, 0.3) is 0 Å². The molecule has 0 saturated carbocycles. The van der Waals surface area contributed by atoms with E-state index in [1.165, 1.54) is 24.3 Å². The molecular weight excluding hydrogens is 322 g/mol. The molecular formula is C20H24F2N2O. The van der Waals surface area contributed by atoms with Crippen molar-refractivity contribution in [1.82, 2.24) is 9.47 Å². The highest BCUT2D eigenvalue weighted by atomic mass is 19.1. The maximum absolute atomic E-state index is 13.8. The molecule has 0 radical (unpaired) electrons. The van der Waals surface area contributed by atoms with Crippen molar-refractivity contribution in [2.75, 3.05) is 13.1 Å². The van der Waals surface area contributed by atoms with E-state index in [0.29, 0.717) is 23.6 Å². The fraction of sp³-hybridized carbons (Fsp3) is 0.400. The summed E-state index contributed by atoms with van der Waals surface area (Å²) < 4.78 is 29.4. The van der Waals surface area contributed by atoms with Crippen LogP contribution in [0.25, 0.3) is 21.8 Å². The number of halogens is 2. The number of aliphatic hydroxyl groups is 1. The lowest BCUT2D eigenvalue weighted by atomic mass is 10.1. The molecule has 1 N–H and O–H groups in total. The lowest BCUT2D eigenvalue weighted by molar-refractivity contribution is 0.0878. The molecule has 3 nitrogen and oxygen atoms in total. The molecule has 1 unspecified atom stereocenters. The van der Waals surface area contributed by atoms with Crippen molar-refractivity contribution >= 4 is 21.8 Å². The smallest absolute Gasteiger partial charge is 0.125 e. The summed E-state index contributed by atoms with van der Waals surface area (Å²) >= 11 is 0. The fourth-order valence-electron chi connectivity index (χ4n) is 3.48. The van der Waals surface area contributed by atoms with E-state index in [-0.39, 0.29) is 18.2 Å². The largest absolute Gasteiger partial charge is 0.390 e. The van der Waals surface area contributed by atoms with Crippen molar-refractivity contribution in [3.8, 4) is 0 Å². The number of benzene rings is 2. The molecule has 25 heavy (non-hydrogen) atoms. The van der Waals surface area contributed by atoms with E-state index in [0.717, 1.165) is 17.3 Å². The zero-order valence-electron chi connectivity index (χ0n) is 14.8. The molecule has 1 aromatic heterocycles. The Hall–Kier alpha value is -1.98. The summed E-state index contributed by atoms with van der Waals surface area (Å²) in [5.74, 6) is -0.687. The van der Waals surface area contributed by atoms with Crippen molar-refractivity contribution in [1.29, 1.82) is 0 Å². The maximum Gasteiger partial charge on any atom is 0.125 e. The average Bonchev–Trinajstić information content (AvgIpc) is 2.85. The standard InChI is InChI=1S/C20H24F2N2O/c1-4-23(13(2)3)11-16(25)12-24-19-9-14(21)5-7-17(19)18-8-6-15(22)10-20(18)24/h5-10,13,16,25H,4,11-12H2,1-3H3. The Kier molecular flexibility index (Phi) is 5.06. The number of rotatable bonds is 6. The fourth-order valence-corrected chi connectivity index (χ4v) is 3.48. The van der Waals surface area contributed by atoms with Gasteiger partial charge in [-0.3, -0.25) is 4.90 Å². The molecule has 0 aliphatic carbocycles. The first-order valence-electron chi connectivity index (χ1n) is 8.69. The molecule has 0 spiro atoms. The molecule has 0 bridgehead atoms. The van der Waals surface area contributed by atoms with E-state index in [1.54, 1.807) is 12.1 Å². The second-order valence-corrected chi connectivity index (χ2v) is 6.77. The Balaban J connectivity index is 2.04. The van der Waals surface area contributed by atoms with Gasteiger partial charge < -0.3 is 9.67 Å². The van der Waals surface area contributed by atoms with Gasteiger partial charge >= 0.3 is 0 Å². The number of fused-ring (bicyclic) bond motifs is 3. The third-order valence-corrected chi connectivity index (χ3v) is 4.77. The summed E-state index contributed by atoms with van der Waals surface area (Å²) in [6.07, 6.45) is -0.632. The first kappa shape index (κ1) is 17.8. The minimum atomic E-state index is -0.632. The average molecular weight is 346 g/mol. The van der Waals surface area contributed by atoms with Gasteiger partial charge in [0.05, 0.1) is 23.7 Å². The second-order valence-electron chi connectivity index (χ2n) is 6.77. The van der Waals surface area contributed by atoms with Crippen LogP contribution in [0.4, 0.5) is 8.78 Å². The molecule has 0 fully saturated rings. The molecule has 3 rings (SSSR count). The topological polar surface area (TPSA) is 28.4 Å². The van der Waals surface area contributed by atoms with Crippen LogP contribution in [0.2, 0.25) is 0 Å². The Morgan fingerprint density at radius 1 is 1.00 bits per heavy atom. The number of aliphatic hydroxyl groups excluding tert-OH is 1. The van der Waals surface area contributed by atoms with Crippen LogP contribution in [0.15, 0.2) is 36.4 Å². The summed E-state index contributed by atoms with van der Waals surface area (Å²) in [5, 5.41) is 12.3. The molecule has 1 heterocycles. The lowest BCUT2D eigenvalue weighted by Crippen LogP contribution is -2.38. The molecule has 2 aromatic carbocycles. The third-order valence-electron chi connectivity index (χ3n) is 4.77. The van der Waals surface area contributed by atoms with Crippen molar-refractivity contribution in [3.05, 3.63) is 48.0 Å². The molecule has 1 atom stereocenters. The first-order chi connectivity index (χ1) is 11.9. The van der Waals surface area contributed by atoms with E-state index in [2.05, 4.69) is 25.7 Å². The number of nitrogens with zero attached hydrogens (tertiary/aromatic N) is 2. The molecule has 0 aliphatic heterocycles. The minimum absolute atomic E-state index is 0.288. The Labute approximate surface area is 146 Å². The normalized spacial score (nSPS) is 13.4. The summed E-state index contributed by atoms with van der Waals surface area (Å²) in [5.41, 5.74) is 1.35. The van der Waals surface area contributed by atoms with Gasteiger partial charge in [-0.2, -0.15) is 0 Å². The van der Waals surface area contributed by atoms with E-state index in [4.69, 9.17) is 0 Å². The number of hydrogen-bond acceptors (Lipinski definition) is 2. The van der Waals surface area contributed by atoms with Gasteiger partial charge in [-0.1, -0.05) is 6.92 Å².